The molecule has 0 radical (unpaired) electrons. The number of phosphoric acid groups is 3. The Balaban J connectivity index is 0.00000456. The van der Waals surface area contributed by atoms with Crippen molar-refractivity contribution in [3.8, 4) is 5.75 Å². The number of aliphatic hydroxyl groups is 2. The first-order chi connectivity index (χ1) is 16.0. The van der Waals surface area contributed by atoms with Gasteiger partial charge in [0.2, 0.25) is 0 Å². The third-order valence-electron chi connectivity index (χ3n) is 4.62. The maximum absolute atomic E-state index is 14.1. The number of hydrogen-bond acceptors (Lipinski definition) is 14. The molecule has 23 heteroatoms. The fraction of sp³-hybridized carbons (Fsp3) is 0.400. The largest absolute Gasteiger partial charge is 0.756 e. The van der Waals surface area contributed by atoms with Crippen molar-refractivity contribution in [2.45, 2.75) is 24.5 Å². The molecule has 38 heavy (non-hydrogen) atoms. The van der Waals surface area contributed by atoms with Gasteiger partial charge in [-0.25, -0.2) is 13.0 Å². The standard InChI is InChI=1S/C15H19FNO15P3.3H3N/c1-28-10-4-7-2-3-17(14(20)8(7)5-9(10)16)15-13(19)12(18)11(30-15)6-29-34(24,25)32-35(26,27)31-33(21,22)23;;;/h2-5,11-13,15,18-19H,6H2,1H3,(H,24,25)(H,26,27)(H2,21,22,23);3*1H3/t11-,12-,13-,15-;;;/m1.../s1. The van der Waals surface area contributed by atoms with Crippen LogP contribution in [0.5, 0.6) is 5.75 Å². The summed E-state index contributed by atoms with van der Waals surface area (Å²) in [4.78, 5) is 54.5. The fourth-order valence-corrected chi connectivity index (χ4v) is 6.06. The second-order valence-electron chi connectivity index (χ2n) is 6.97. The highest BCUT2D eigenvalue weighted by Gasteiger charge is 2.44. The molecule has 0 aliphatic carbocycles. The maximum Gasteiger partial charge on any atom is 0.280 e. The number of nitrogens with zero attached hydrogens (tertiary/aromatic N) is 1. The number of halogens is 1. The van der Waals surface area contributed by atoms with E-state index < -0.39 is 66.0 Å². The van der Waals surface area contributed by atoms with Gasteiger partial charge in [-0.05, 0) is 23.6 Å². The molecule has 1 aliphatic heterocycles. The normalized spacial score (nSPS) is 25.6. The van der Waals surface area contributed by atoms with Gasteiger partial charge < -0.3 is 62.2 Å². The Labute approximate surface area is 212 Å². The van der Waals surface area contributed by atoms with Crippen molar-refractivity contribution in [3.05, 3.63) is 40.6 Å². The monoisotopic (exact) mass is 616 g/mol. The molecule has 7 atom stereocenters. The molecule has 3 unspecified atom stereocenters. The number of methoxy groups -OCH3 is 1. The zero-order valence-electron chi connectivity index (χ0n) is 20.2. The topological polar surface area (TPSA) is 359 Å². The van der Waals surface area contributed by atoms with E-state index in [4.69, 9.17) is 14.4 Å². The molecule has 220 valence electrons. The van der Waals surface area contributed by atoms with Crippen LogP contribution in [-0.4, -0.2) is 51.7 Å². The van der Waals surface area contributed by atoms with Crippen molar-refractivity contribution in [3.63, 3.8) is 0 Å². The Morgan fingerprint density at radius 1 is 1.05 bits per heavy atom. The van der Waals surface area contributed by atoms with Crippen molar-refractivity contribution in [1.29, 1.82) is 0 Å². The van der Waals surface area contributed by atoms with Crippen LogP contribution in [0.2, 0.25) is 0 Å². The van der Waals surface area contributed by atoms with Crippen molar-refractivity contribution < 1.29 is 70.5 Å². The molecule has 2 aromatic rings. The highest BCUT2D eigenvalue weighted by molar-refractivity contribution is 7.65. The third-order valence-corrected chi connectivity index (χ3v) is 8.31. The van der Waals surface area contributed by atoms with Crippen LogP contribution in [0, 0.1) is 5.82 Å². The van der Waals surface area contributed by atoms with Gasteiger partial charge in [0.25, 0.3) is 29.0 Å². The lowest BCUT2D eigenvalue weighted by Gasteiger charge is -2.33. The Morgan fingerprint density at radius 3 is 2.21 bits per heavy atom. The summed E-state index contributed by atoms with van der Waals surface area (Å²) in [6.07, 6.45) is -5.84. The summed E-state index contributed by atoms with van der Waals surface area (Å²) in [6, 6.07) is 3.49. The van der Waals surface area contributed by atoms with Gasteiger partial charge in [-0.3, -0.25) is 23.1 Å². The third kappa shape index (κ3) is 8.41. The van der Waals surface area contributed by atoms with E-state index in [2.05, 4.69) is 13.1 Å². The summed E-state index contributed by atoms with van der Waals surface area (Å²) >= 11 is 0. The second-order valence-corrected chi connectivity index (χ2v) is 11.3. The predicted octanol–water partition coefficient (Wildman–Crippen LogP) is -0.656. The van der Waals surface area contributed by atoms with Crippen molar-refractivity contribution in [1.82, 2.24) is 23.0 Å². The molecule has 15 N–H and O–H groups in total. The van der Waals surface area contributed by atoms with Crippen LogP contribution in [0.1, 0.15) is 6.23 Å². The lowest BCUT2D eigenvalue weighted by molar-refractivity contribution is -0.250. The molecule has 1 aliphatic rings. The van der Waals surface area contributed by atoms with E-state index >= 15 is 0 Å². The quantitative estimate of drug-likeness (QED) is 0.190. The summed E-state index contributed by atoms with van der Waals surface area (Å²) in [5, 5.41) is 20.6. The average molecular weight is 616 g/mol. The second kappa shape index (κ2) is 13.1. The van der Waals surface area contributed by atoms with Gasteiger partial charge in [-0.2, -0.15) is 0 Å². The Morgan fingerprint density at radius 2 is 1.66 bits per heavy atom. The zero-order valence-corrected chi connectivity index (χ0v) is 22.9. The van der Waals surface area contributed by atoms with Crippen LogP contribution in [0.15, 0.2) is 29.2 Å². The molecule has 1 fully saturated rings. The minimum atomic E-state index is -6.14. The van der Waals surface area contributed by atoms with Gasteiger partial charge >= 0.3 is 0 Å². The lowest BCUT2D eigenvalue weighted by Crippen LogP contribution is -2.35. The molecule has 0 amide bonds. The number of benzene rings is 1. The SMILES string of the molecule is COc1cc2ccn([C@@H]3O[C@H](COP(=O)([O-])OP(=O)([O-])OP(=O)([O-])O)[C@@H](O)[C@H]3O)c(=O)c2cc1F.[NH4+].[NH4+].[NH4+]. The number of hydrogen-bond donors (Lipinski definition) is 6. The van der Waals surface area contributed by atoms with Gasteiger partial charge in [0, 0.05) is 6.20 Å². The first kappa shape index (κ1) is 36.3. The summed E-state index contributed by atoms with van der Waals surface area (Å²) in [6.45, 7) is -1.17. The number of aliphatic hydroxyl groups excluding tert-OH is 2. The zero-order chi connectivity index (χ0) is 26.3. The predicted molar refractivity (Wildman–Crippen MR) is 122 cm³/mol. The fourth-order valence-electron chi connectivity index (χ4n) is 3.17. The molecule has 0 spiro atoms. The number of phosphoric ester groups is 1. The van der Waals surface area contributed by atoms with E-state index in [9.17, 15) is 47.8 Å². The number of fused-ring (bicyclic) bond motifs is 1. The van der Waals surface area contributed by atoms with Crippen LogP contribution < -0.4 is 43.4 Å². The van der Waals surface area contributed by atoms with E-state index in [1.807, 2.05) is 0 Å². The van der Waals surface area contributed by atoms with E-state index in [0.29, 0.717) is 0 Å². The minimum absolute atomic E-state index is 0. The van der Waals surface area contributed by atoms with Gasteiger partial charge in [-0.1, -0.05) is 0 Å². The summed E-state index contributed by atoms with van der Waals surface area (Å²) in [7, 11) is -16.7. The van der Waals surface area contributed by atoms with E-state index in [1.165, 1.54) is 19.2 Å². The Bertz CT molecular complexity index is 1320. The Hall–Kier alpha value is -1.67. The van der Waals surface area contributed by atoms with E-state index in [1.54, 1.807) is 0 Å². The van der Waals surface area contributed by atoms with Gasteiger partial charge in [0.15, 0.2) is 17.8 Å². The minimum Gasteiger partial charge on any atom is -0.756 e. The molecule has 1 saturated heterocycles. The summed E-state index contributed by atoms with van der Waals surface area (Å²) in [5.74, 6) is -0.983. The number of ether oxygens (including phenoxy) is 2. The number of quaternary nitrogens is 3. The molecule has 1 aromatic carbocycles. The summed E-state index contributed by atoms with van der Waals surface area (Å²) in [5.41, 5.74) is -0.852. The van der Waals surface area contributed by atoms with Gasteiger partial charge in [0.1, 0.15) is 18.3 Å². The van der Waals surface area contributed by atoms with E-state index in [-0.39, 0.29) is 35.0 Å². The molecule has 0 bridgehead atoms. The number of rotatable bonds is 9. The van der Waals surface area contributed by atoms with Crippen LogP contribution in [0.4, 0.5) is 4.39 Å². The Kier molecular flexibility index (Phi) is 12.5. The molecule has 0 saturated carbocycles. The molecule has 19 nitrogen and oxygen atoms in total. The van der Waals surface area contributed by atoms with Gasteiger partial charge in [0.05, 0.1) is 19.1 Å². The number of pyridine rings is 1. The summed E-state index contributed by atoms with van der Waals surface area (Å²) < 4.78 is 69.1. The van der Waals surface area contributed by atoms with Crippen molar-refractivity contribution >= 4 is 34.2 Å². The van der Waals surface area contributed by atoms with Crippen LogP contribution in [0.3, 0.4) is 0 Å². The van der Waals surface area contributed by atoms with E-state index in [0.717, 1.165) is 16.8 Å². The first-order valence-corrected chi connectivity index (χ1v) is 13.6. The number of aromatic nitrogens is 1. The van der Waals surface area contributed by atoms with Crippen LogP contribution in [-0.2, 0) is 31.6 Å². The van der Waals surface area contributed by atoms with Crippen LogP contribution in [0.25, 0.3) is 10.8 Å². The van der Waals surface area contributed by atoms with Crippen LogP contribution >= 0.6 is 23.5 Å². The van der Waals surface area contributed by atoms with Crippen molar-refractivity contribution in [2.24, 2.45) is 0 Å². The molecular weight excluding hydrogens is 588 g/mol. The molecule has 3 rings (SSSR count). The van der Waals surface area contributed by atoms with Crippen molar-refractivity contribution in [2.75, 3.05) is 13.7 Å². The molecule has 1 aromatic heterocycles. The molecule has 2 heterocycles. The first-order valence-electron chi connectivity index (χ1n) is 9.17. The smallest absolute Gasteiger partial charge is 0.280 e. The van der Waals surface area contributed by atoms with Gasteiger partial charge in [-0.15, -0.1) is 0 Å². The highest BCUT2D eigenvalue weighted by atomic mass is 31.3. The lowest BCUT2D eigenvalue weighted by atomic mass is 10.1. The molecular formula is C15H28FN4O15P3. The maximum atomic E-state index is 14.1. The average Bonchev–Trinajstić information content (AvgIpc) is 2.98. The highest BCUT2D eigenvalue weighted by Crippen LogP contribution is 2.61.